The average molecular weight is 206 g/mol. The van der Waals surface area contributed by atoms with Crippen molar-refractivity contribution in [2.75, 3.05) is 32.1 Å². The van der Waals surface area contributed by atoms with Crippen LogP contribution in [0.3, 0.4) is 0 Å². The first-order valence-corrected chi connectivity index (χ1v) is 5.57. The average Bonchev–Trinajstić information content (AvgIpc) is 2.16. The Hall–Kier alpha value is -1.02. The highest BCUT2D eigenvalue weighted by Crippen LogP contribution is 2.17. The van der Waals surface area contributed by atoms with Crippen molar-refractivity contribution in [2.45, 2.75) is 20.3 Å². The lowest BCUT2D eigenvalue weighted by atomic mass is 10.1. The molecule has 2 nitrogen and oxygen atoms in total. The van der Waals surface area contributed by atoms with E-state index >= 15 is 0 Å². The van der Waals surface area contributed by atoms with Gasteiger partial charge in [0.15, 0.2) is 0 Å². The summed E-state index contributed by atoms with van der Waals surface area (Å²) in [5.41, 5.74) is 4.00. The quantitative estimate of drug-likeness (QED) is 0.744. The summed E-state index contributed by atoms with van der Waals surface area (Å²) in [6, 6.07) is 6.70. The fourth-order valence-corrected chi connectivity index (χ4v) is 1.79. The number of hydrogen-bond donors (Lipinski definition) is 1. The minimum absolute atomic E-state index is 1.08. The Bertz CT molecular complexity index is 287. The van der Waals surface area contributed by atoms with E-state index in [4.69, 9.17) is 0 Å². The molecule has 0 aliphatic carbocycles. The van der Waals surface area contributed by atoms with Crippen LogP contribution in [0.5, 0.6) is 0 Å². The summed E-state index contributed by atoms with van der Waals surface area (Å²) < 4.78 is 0. The fraction of sp³-hybridized carbons (Fsp3) is 0.538. The topological polar surface area (TPSA) is 15.3 Å². The van der Waals surface area contributed by atoms with Gasteiger partial charge in [0.1, 0.15) is 0 Å². The summed E-state index contributed by atoms with van der Waals surface area (Å²) in [7, 11) is 4.15. The Kier molecular flexibility index (Phi) is 4.63. The fourth-order valence-electron chi connectivity index (χ4n) is 1.79. The van der Waals surface area contributed by atoms with E-state index in [1.54, 1.807) is 0 Å². The van der Waals surface area contributed by atoms with Gasteiger partial charge in [-0.3, -0.25) is 0 Å². The van der Waals surface area contributed by atoms with Crippen LogP contribution in [-0.4, -0.2) is 27.2 Å². The van der Waals surface area contributed by atoms with Gasteiger partial charge in [0, 0.05) is 19.3 Å². The van der Waals surface area contributed by atoms with Gasteiger partial charge in [-0.1, -0.05) is 6.07 Å². The third-order valence-corrected chi connectivity index (χ3v) is 2.57. The minimum Gasteiger partial charge on any atom is -0.375 e. The second kappa shape index (κ2) is 5.76. The monoisotopic (exact) mass is 206 g/mol. The summed E-state index contributed by atoms with van der Waals surface area (Å²) in [6.07, 6.45) is 1.18. The lowest BCUT2D eigenvalue weighted by Gasteiger charge is -2.20. The molecular formula is C13H22N2. The van der Waals surface area contributed by atoms with Crippen molar-refractivity contribution in [3.8, 4) is 0 Å². The maximum absolute atomic E-state index is 3.17. The molecule has 0 aromatic heterocycles. The highest BCUT2D eigenvalue weighted by atomic mass is 15.1. The lowest BCUT2D eigenvalue weighted by molar-refractivity contribution is 0.713. The van der Waals surface area contributed by atoms with E-state index in [-0.39, 0.29) is 0 Å². The first-order chi connectivity index (χ1) is 7.13. The highest BCUT2D eigenvalue weighted by Gasteiger charge is 2.01. The molecule has 0 saturated heterocycles. The van der Waals surface area contributed by atoms with Crippen LogP contribution in [0.1, 0.15) is 17.5 Å². The molecule has 2 heteroatoms. The summed E-state index contributed by atoms with van der Waals surface area (Å²) in [4.78, 5) is 2.32. The molecule has 0 heterocycles. The van der Waals surface area contributed by atoms with Crippen LogP contribution in [0.25, 0.3) is 0 Å². The van der Waals surface area contributed by atoms with E-state index in [0.29, 0.717) is 0 Å². The molecule has 0 aliphatic rings. The number of hydrogen-bond acceptors (Lipinski definition) is 2. The smallest absolute Gasteiger partial charge is 0.0368 e. The second-order valence-corrected chi connectivity index (χ2v) is 4.22. The zero-order valence-electron chi connectivity index (χ0n) is 10.3. The summed E-state index contributed by atoms with van der Waals surface area (Å²) in [5.74, 6) is 0. The van der Waals surface area contributed by atoms with Gasteiger partial charge in [-0.15, -0.1) is 0 Å². The molecule has 0 saturated carbocycles. The Morgan fingerprint density at radius 1 is 1.13 bits per heavy atom. The predicted molar refractivity (Wildman–Crippen MR) is 67.7 cm³/mol. The molecule has 0 fully saturated rings. The molecule has 0 atom stereocenters. The van der Waals surface area contributed by atoms with Crippen molar-refractivity contribution in [1.29, 1.82) is 0 Å². The summed E-state index contributed by atoms with van der Waals surface area (Å²) >= 11 is 0. The van der Waals surface area contributed by atoms with E-state index in [9.17, 15) is 0 Å². The maximum Gasteiger partial charge on any atom is 0.0368 e. The standard InChI is InChI=1S/C13H22N2/c1-11-8-12(2)10-13(9-11)15(4)7-5-6-14-3/h8-10,14H,5-7H2,1-4H3. The van der Waals surface area contributed by atoms with Gasteiger partial charge in [0.25, 0.3) is 0 Å². The van der Waals surface area contributed by atoms with Crippen LogP contribution >= 0.6 is 0 Å². The lowest BCUT2D eigenvalue weighted by Crippen LogP contribution is -2.22. The van der Waals surface area contributed by atoms with Gasteiger partial charge in [0.2, 0.25) is 0 Å². The van der Waals surface area contributed by atoms with Crippen LogP contribution in [0, 0.1) is 13.8 Å². The van der Waals surface area contributed by atoms with E-state index in [2.05, 4.69) is 49.3 Å². The molecule has 84 valence electrons. The number of rotatable bonds is 5. The number of benzene rings is 1. The van der Waals surface area contributed by atoms with Crippen LogP contribution in [0.4, 0.5) is 5.69 Å². The van der Waals surface area contributed by atoms with Crippen LogP contribution in [0.2, 0.25) is 0 Å². The first kappa shape index (κ1) is 12.1. The third kappa shape index (κ3) is 3.92. The Labute approximate surface area is 93.3 Å². The number of nitrogens with one attached hydrogen (secondary N) is 1. The minimum atomic E-state index is 1.08. The Balaban J connectivity index is 2.60. The van der Waals surface area contributed by atoms with Crippen molar-refractivity contribution < 1.29 is 0 Å². The van der Waals surface area contributed by atoms with Crippen LogP contribution in [0.15, 0.2) is 18.2 Å². The highest BCUT2D eigenvalue weighted by molar-refractivity contribution is 5.50. The van der Waals surface area contributed by atoms with Gasteiger partial charge in [0.05, 0.1) is 0 Å². The van der Waals surface area contributed by atoms with Gasteiger partial charge in [-0.2, -0.15) is 0 Å². The molecular weight excluding hydrogens is 184 g/mol. The normalized spacial score (nSPS) is 10.4. The Morgan fingerprint density at radius 2 is 1.73 bits per heavy atom. The summed E-state index contributed by atoms with van der Waals surface area (Å²) in [6.45, 7) is 6.48. The van der Waals surface area contributed by atoms with E-state index in [1.165, 1.54) is 23.2 Å². The van der Waals surface area contributed by atoms with E-state index < -0.39 is 0 Å². The number of anilines is 1. The second-order valence-electron chi connectivity index (χ2n) is 4.22. The Morgan fingerprint density at radius 3 is 2.27 bits per heavy atom. The SMILES string of the molecule is CNCCCN(C)c1cc(C)cc(C)c1. The van der Waals surface area contributed by atoms with Crippen molar-refractivity contribution in [3.05, 3.63) is 29.3 Å². The van der Waals surface area contributed by atoms with Crippen molar-refractivity contribution >= 4 is 5.69 Å². The molecule has 1 aromatic carbocycles. The largest absolute Gasteiger partial charge is 0.375 e. The molecule has 15 heavy (non-hydrogen) atoms. The predicted octanol–water partition coefficient (Wildman–Crippen LogP) is 2.35. The van der Waals surface area contributed by atoms with Crippen LogP contribution < -0.4 is 10.2 Å². The molecule has 0 amide bonds. The van der Waals surface area contributed by atoms with Crippen molar-refractivity contribution in [1.82, 2.24) is 5.32 Å². The number of aryl methyl sites for hydroxylation is 2. The maximum atomic E-state index is 3.17. The molecule has 0 radical (unpaired) electrons. The van der Waals surface area contributed by atoms with Crippen LogP contribution in [-0.2, 0) is 0 Å². The number of nitrogens with zero attached hydrogens (tertiary/aromatic N) is 1. The molecule has 0 spiro atoms. The van der Waals surface area contributed by atoms with Crippen molar-refractivity contribution in [3.63, 3.8) is 0 Å². The molecule has 0 bridgehead atoms. The van der Waals surface area contributed by atoms with Gasteiger partial charge < -0.3 is 10.2 Å². The third-order valence-electron chi connectivity index (χ3n) is 2.57. The van der Waals surface area contributed by atoms with Gasteiger partial charge >= 0.3 is 0 Å². The van der Waals surface area contributed by atoms with E-state index in [1.807, 2.05) is 7.05 Å². The molecule has 0 aliphatic heterocycles. The van der Waals surface area contributed by atoms with E-state index in [0.717, 1.165) is 13.1 Å². The zero-order valence-corrected chi connectivity index (χ0v) is 10.3. The molecule has 1 rings (SSSR count). The zero-order chi connectivity index (χ0) is 11.3. The summed E-state index contributed by atoms with van der Waals surface area (Å²) in [5, 5.41) is 3.17. The van der Waals surface area contributed by atoms with Gasteiger partial charge in [-0.05, 0) is 57.1 Å². The van der Waals surface area contributed by atoms with Crippen molar-refractivity contribution in [2.24, 2.45) is 0 Å². The molecule has 1 N–H and O–H groups in total. The first-order valence-electron chi connectivity index (χ1n) is 5.57. The molecule has 0 unspecified atom stereocenters. The van der Waals surface area contributed by atoms with Gasteiger partial charge in [-0.25, -0.2) is 0 Å². The molecule has 1 aromatic rings.